The molecule has 3 aliphatic rings. The quantitative estimate of drug-likeness (QED) is 0.635. The smallest absolute Gasteiger partial charge is 0.410 e. The van der Waals surface area contributed by atoms with E-state index in [1.807, 2.05) is 45.9 Å². The molecule has 2 aliphatic heterocycles. The molecule has 3 atom stereocenters. The third-order valence-corrected chi connectivity index (χ3v) is 6.68. The number of hydrogen-bond acceptors (Lipinski definition) is 6. The molecule has 32 heavy (non-hydrogen) atoms. The van der Waals surface area contributed by atoms with Gasteiger partial charge in [-0.3, -0.25) is 9.59 Å². The highest BCUT2D eigenvalue weighted by Crippen LogP contribution is 2.48. The molecule has 0 spiro atoms. The van der Waals surface area contributed by atoms with Gasteiger partial charge in [-0.25, -0.2) is 4.79 Å². The minimum atomic E-state index is -0.533. The van der Waals surface area contributed by atoms with Crippen molar-refractivity contribution in [1.29, 1.82) is 0 Å². The van der Waals surface area contributed by atoms with Crippen molar-refractivity contribution in [2.75, 3.05) is 20.2 Å². The van der Waals surface area contributed by atoms with Crippen LogP contribution in [0.15, 0.2) is 18.2 Å². The zero-order valence-electron chi connectivity index (χ0n) is 19.6. The number of benzene rings is 1. The number of methoxy groups -OCH3 is 1. The average molecular weight is 444 g/mol. The van der Waals surface area contributed by atoms with Crippen molar-refractivity contribution in [3.05, 3.63) is 29.3 Å². The van der Waals surface area contributed by atoms with E-state index in [9.17, 15) is 14.4 Å². The van der Waals surface area contributed by atoms with Gasteiger partial charge in [0.25, 0.3) is 0 Å². The van der Waals surface area contributed by atoms with Crippen molar-refractivity contribution < 1.29 is 28.6 Å². The Kier molecular flexibility index (Phi) is 5.94. The number of likely N-dealkylation sites (tertiary alicyclic amines) is 1. The van der Waals surface area contributed by atoms with Crippen LogP contribution in [-0.4, -0.2) is 54.7 Å². The Morgan fingerprint density at radius 1 is 1.19 bits per heavy atom. The lowest BCUT2D eigenvalue weighted by Gasteiger charge is -2.44. The van der Waals surface area contributed by atoms with Crippen molar-refractivity contribution in [1.82, 2.24) is 4.90 Å². The van der Waals surface area contributed by atoms with Crippen LogP contribution in [0.2, 0.25) is 0 Å². The molecule has 174 valence electrons. The number of esters is 1. The van der Waals surface area contributed by atoms with Crippen molar-refractivity contribution in [2.24, 2.45) is 17.8 Å². The first-order chi connectivity index (χ1) is 15.1. The molecule has 0 aromatic heterocycles. The van der Waals surface area contributed by atoms with E-state index in [0.717, 1.165) is 18.4 Å². The number of hydrogen-bond donors (Lipinski definition) is 0. The summed E-state index contributed by atoms with van der Waals surface area (Å²) in [6.07, 6.45) is 1.90. The molecule has 1 aromatic rings. The summed E-state index contributed by atoms with van der Waals surface area (Å²) in [4.78, 5) is 38.9. The van der Waals surface area contributed by atoms with E-state index in [4.69, 9.17) is 14.2 Å². The summed E-state index contributed by atoms with van der Waals surface area (Å²) in [7, 11) is 1.42. The van der Waals surface area contributed by atoms with E-state index in [1.165, 1.54) is 7.11 Å². The zero-order valence-corrected chi connectivity index (χ0v) is 19.6. The summed E-state index contributed by atoms with van der Waals surface area (Å²) in [5, 5.41) is 0. The summed E-state index contributed by atoms with van der Waals surface area (Å²) in [6.45, 7) is 8.47. The first kappa shape index (κ1) is 22.6. The van der Waals surface area contributed by atoms with E-state index in [-0.39, 0.29) is 41.7 Å². The van der Waals surface area contributed by atoms with Gasteiger partial charge < -0.3 is 19.1 Å². The van der Waals surface area contributed by atoms with Crippen molar-refractivity contribution in [2.45, 2.75) is 64.6 Å². The van der Waals surface area contributed by atoms with Gasteiger partial charge in [0, 0.05) is 25.4 Å². The number of rotatable bonds is 5. The summed E-state index contributed by atoms with van der Waals surface area (Å²) in [5.41, 5.74) is 1.07. The third kappa shape index (κ3) is 4.62. The van der Waals surface area contributed by atoms with Gasteiger partial charge in [-0.05, 0) is 63.1 Å². The summed E-state index contributed by atoms with van der Waals surface area (Å²) < 4.78 is 16.7. The van der Waals surface area contributed by atoms with Crippen LogP contribution in [0, 0.1) is 17.8 Å². The van der Waals surface area contributed by atoms with E-state index in [0.29, 0.717) is 36.7 Å². The van der Waals surface area contributed by atoms with E-state index in [1.54, 1.807) is 4.90 Å². The molecule has 2 heterocycles. The number of nitrogens with zero attached hydrogens (tertiary/aromatic N) is 1. The van der Waals surface area contributed by atoms with Gasteiger partial charge in [0.05, 0.1) is 18.6 Å². The molecule has 7 heteroatoms. The Morgan fingerprint density at radius 2 is 1.88 bits per heavy atom. The average Bonchev–Trinajstić information content (AvgIpc) is 3.49. The molecule has 1 saturated carbocycles. The second-order valence-electron chi connectivity index (χ2n) is 10.4. The number of carbonyl (C=O) groups is 3. The Hall–Kier alpha value is -2.57. The van der Waals surface area contributed by atoms with Gasteiger partial charge in [0.2, 0.25) is 0 Å². The van der Waals surface area contributed by atoms with Crippen LogP contribution >= 0.6 is 0 Å². The highest BCUT2D eigenvalue weighted by Gasteiger charge is 2.43. The molecule has 1 aliphatic carbocycles. The fourth-order valence-electron chi connectivity index (χ4n) is 4.81. The highest BCUT2D eigenvalue weighted by molar-refractivity contribution is 6.00. The van der Waals surface area contributed by atoms with Gasteiger partial charge in [-0.1, -0.05) is 13.0 Å². The van der Waals surface area contributed by atoms with Crippen LogP contribution in [0.5, 0.6) is 5.75 Å². The van der Waals surface area contributed by atoms with Gasteiger partial charge >= 0.3 is 12.1 Å². The lowest BCUT2D eigenvalue weighted by Crippen LogP contribution is -2.57. The van der Waals surface area contributed by atoms with E-state index >= 15 is 0 Å². The van der Waals surface area contributed by atoms with E-state index < -0.39 is 5.60 Å². The molecular weight excluding hydrogens is 410 g/mol. The maximum Gasteiger partial charge on any atom is 0.410 e. The zero-order chi connectivity index (χ0) is 23.2. The Bertz CT molecular complexity index is 909. The second-order valence-corrected chi connectivity index (χ2v) is 10.4. The molecule has 1 amide bonds. The maximum absolute atomic E-state index is 12.8. The van der Waals surface area contributed by atoms with Gasteiger partial charge in [0.1, 0.15) is 17.5 Å². The number of carbonyl (C=O) groups excluding carboxylic acids is 3. The standard InChI is InChI=1S/C25H33NO6/c1-14(23(28)30-5)22(15-6-7-15)16-8-9-18-19(27)11-20(31-21(18)10-16)17-12-26(13-17)24(29)32-25(2,3)4/h8-10,14-15,17,20,22H,6-7,11-13H2,1-5H3/t14-,20?,22-/m0/s1. The molecule has 4 rings (SSSR count). The number of ketones is 1. The third-order valence-electron chi connectivity index (χ3n) is 6.68. The molecule has 2 fully saturated rings. The van der Waals surface area contributed by atoms with Crippen molar-refractivity contribution in [3.8, 4) is 5.75 Å². The number of ether oxygens (including phenoxy) is 3. The lowest BCUT2D eigenvalue weighted by molar-refractivity contribution is -0.145. The Labute approximate surface area is 189 Å². The van der Waals surface area contributed by atoms with Crippen LogP contribution < -0.4 is 4.74 Å². The molecule has 0 N–H and O–H groups in total. The van der Waals surface area contributed by atoms with Crippen LogP contribution in [0.25, 0.3) is 0 Å². The van der Waals surface area contributed by atoms with Crippen LogP contribution in [0.4, 0.5) is 4.79 Å². The molecule has 0 bridgehead atoms. The normalized spacial score (nSPS) is 22.8. The summed E-state index contributed by atoms with van der Waals surface area (Å²) >= 11 is 0. The van der Waals surface area contributed by atoms with Crippen molar-refractivity contribution in [3.63, 3.8) is 0 Å². The highest BCUT2D eigenvalue weighted by atomic mass is 16.6. The maximum atomic E-state index is 12.8. The second kappa shape index (κ2) is 8.41. The van der Waals surface area contributed by atoms with Gasteiger partial charge in [-0.2, -0.15) is 0 Å². The summed E-state index contributed by atoms with van der Waals surface area (Å²) in [6, 6.07) is 5.72. The number of amides is 1. The fraction of sp³-hybridized carbons (Fsp3) is 0.640. The fourth-order valence-corrected chi connectivity index (χ4v) is 4.81. The molecule has 1 aromatic carbocycles. The van der Waals surface area contributed by atoms with Crippen LogP contribution in [-0.2, 0) is 14.3 Å². The first-order valence-electron chi connectivity index (χ1n) is 11.5. The Morgan fingerprint density at radius 3 is 2.47 bits per heavy atom. The van der Waals surface area contributed by atoms with E-state index in [2.05, 4.69) is 0 Å². The largest absolute Gasteiger partial charge is 0.489 e. The SMILES string of the molecule is COC(=O)[C@@H](C)[C@H](c1ccc2c(c1)OC(C1CN(C(=O)OC(C)(C)C)C1)CC2=O)C1CC1. The Balaban J connectivity index is 1.46. The lowest BCUT2D eigenvalue weighted by atomic mass is 9.81. The van der Waals surface area contributed by atoms with Crippen LogP contribution in [0.3, 0.4) is 0 Å². The van der Waals surface area contributed by atoms with Gasteiger partial charge in [0.15, 0.2) is 5.78 Å². The topological polar surface area (TPSA) is 82.1 Å². The minimum absolute atomic E-state index is 0.0539. The number of fused-ring (bicyclic) bond motifs is 1. The number of Topliss-reactive ketones (excluding diaryl/α,β-unsaturated/α-hetero) is 1. The molecule has 1 unspecified atom stereocenters. The van der Waals surface area contributed by atoms with Crippen molar-refractivity contribution >= 4 is 17.8 Å². The first-order valence-corrected chi connectivity index (χ1v) is 11.5. The van der Waals surface area contributed by atoms with Gasteiger partial charge in [-0.15, -0.1) is 0 Å². The minimum Gasteiger partial charge on any atom is -0.489 e. The van der Waals surface area contributed by atoms with Crippen LogP contribution in [0.1, 0.15) is 68.8 Å². The molecule has 7 nitrogen and oxygen atoms in total. The predicted octanol–water partition coefficient (Wildman–Crippen LogP) is 4.19. The monoisotopic (exact) mass is 443 g/mol. The summed E-state index contributed by atoms with van der Waals surface area (Å²) in [5.74, 6) is 0.770. The molecule has 1 saturated heterocycles. The molecule has 0 radical (unpaired) electrons. The predicted molar refractivity (Wildman–Crippen MR) is 118 cm³/mol. The molecular formula is C25H33NO6.